The standard InChI is InChI=1S/C9H16N4O2/c1-9(11-6-5-10-2)4-3-8(7-12-9)13(14)15/h3-4,7,10-12H,5-6H2,1-2H3. The Morgan fingerprint density at radius 2 is 2.33 bits per heavy atom. The van der Waals surface area contributed by atoms with Crippen molar-refractivity contribution in [3.63, 3.8) is 0 Å². The Balaban J connectivity index is 2.48. The molecular formula is C9H16N4O2. The summed E-state index contributed by atoms with van der Waals surface area (Å²) in [6.45, 7) is 3.55. The van der Waals surface area contributed by atoms with Gasteiger partial charge in [-0.3, -0.25) is 15.4 Å². The lowest BCUT2D eigenvalue weighted by Gasteiger charge is -2.29. The highest BCUT2D eigenvalue weighted by Gasteiger charge is 2.23. The largest absolute Gasteiger partial charge is 0.365 e. The van der Waals surface area contributed by atoms with Crippen molar-refractivity contribution < 1.29 is 4.92 Å². The molecule has 1 rings (SSSR count). The molecule has 1 heterocycles. The van der Waals surface area contributed by atoms with Crippen LogP contribution in [-0.2, 0) is 0 Å². The van der Waals surface area contributed by atoms with Crippen molar-refractivity contribution in [3.8, 4) is 0 Å². The first-order chi connectivity index (χ1) is 7.07. The predicted octanol–water partition coefficient (Wildman–Crippen LogP) is -0.211. The van der Waals surface area contributed by atoms with Gasteiger partial charge in [0.15, 0.2) is 0 Å². The van der Waals surface area contributed by atoms with E-state index in [0.29, 0.717) is 0 Å². The van der Waals surface area contributed by atoms with Crippen LogP contribution in [0.15, 0.2) is 24.0 Å². The van der Waals surface area contributed by atoms with Crippen LogP contribution in [0.2, 0.25) is 0 Å². The molecule has 0 aromatic heterocycles. The highest BCUT2D eigenvalue weighted by Crippen LogP contribution is 2.10. The Kier molecular flexibility index (Phi) is 3.81. The van der Waals surface area contributed by atoms with Gasteiger partial charge in [0.25, 0.3) is 5.70 Å². The molecule has 1 aliphatic rings. The average Bonchev–Trinajstić information content (AvgIpc) is 2.18. The summed E-state index contributed by atoms with van der Waals surface area (Å²) in [4.78, 5) is 10.0. The number of nitrogens with zero attached hydrogens (tertiary/aromatic N) is 1. The molecule has 1 aliphatic heterocycles. The Hall–Kier alpha value is -1.40. The van der Waals surface area contributed by atoms with E-state index < -0.39 is 10.6 Å². The third-order valence-electron chi connectivity index (χ3n) is 2.19. The topological polar surface area (TPSA) is 79.2 Å². The molecule has 0 aromatic carbocycles. The van der Waals surface area contributed by atoms with Crippen LogP contribution in [-0.4, -0.2) is 30.7 Å². The van der Waals surface area contributed by atoms with Gasteiger partial charge in [-0.2, -0.15) is 0 Å². The lowest BCUT2D eigenvalue weighted by molar-refractivity contribution is -0.419. The first kappa shape index (κ1) is 11.7. The zero-order chi connectivity index (χ0) is 11.3. The third kappa shape index (κ3) is 3.34. The minimum absolute atomic E-state index is 0.0721. The van der Waals surface area contributed by atoms with Crippen molar-refractivity contribution in [1.29, 1.82) is 0 Å². The second kappa shape index (κ2) is 4.90. The van der Waals surface area contributed by atoms with E-state index in [9.17, 15) is 10.1 Å². The molecule has 3 N–H and O–H groups in total. The highest BCUT2D eigenvalue weighted by atomic mass is 16.6. The average molecular weight is 212 g/mol. The smallest absolute Gasteiger partial charge is 0.284 e. The van der Waals surface area contributed by atoms with E-state index in [-0.39, 0.29) is 5.70 Å². The fourth-order valence-corrected chi connectivity index (χ4v) is 1.24. The van der Waals surface area contributed by atoms with Crippen LogP contribution in [0.25, 0.3) is 0 Å². The zero-order valence-electron chi connectivity index (χ0n) is 8.91. The van der Waals surface area contributed by atoms with Gasteiger partial charge in [-0.1, -0.05) is 0 Å². The van der Waals surface area contributed by atoms with Gasteiger partial charge in [-0.05, 0) is 20.0 Å². The second-order valence-corrected chi connectivity index (χ2v) is 3.54. The number of hydrogen-bond donors (Lipinski definition) is 3. The van der Waals surface area contributed by atoms with Crippen LogP contribution in [0.5, 0.6) is 0 Å². The van der Waals surface area contributed by atoms with E-state index in [1.54, 1.807) is 6.08 Å². The summed E-state index contributed by atoms with van der Waals surface area (Å²) in [5, 5.41) is 19.6. The maximum atomic E-state index is 10.4. The molecule has 0 saturated carbocycles. The molecule has 0 bridgehead atoms. The van der Waals surface area contributed by atoms with E-state index >= 15 is 0 Å². The van der Waals surface area contributed by atoms with Crippen molar-refractivity contribution in [2.45, 2.75) is 12.6 Å². The molecule has 6 nitrogen and oxygen atoms in total. The summed E-state index contributed by atoms with van der Waals surface area (Å²) < 4.78 is 0. The Labute approximate surface area is 88.6 Å². The van der Waals surface area contributed by atoms with Crippen molar-refractivity contribution in [3.05, 3.63) is 34.2 Å². The number of nitro groups is 1. The minimum Gasteiger partial charge on any atom is -0.365 e. The lowest BCUT2D eigenvalue weighted by Crippen LogP contribution is -2.53. The van der Waals surface area contributed by atoms with Gasteiger partial charge < -0.3 is 10.6 Å². The van der Waals surface area contributed by atoms with Crippen LogP contribution in [0.3, 0.4) is 0 Å². The molecule has 0 fully saturated rings. The second-order valence-electron chi connectivity index (χ2n) is 3.54. The fourth-order valence-electron chi connectivity index (χ4n) is 1.24. The Morgan fingerprint density at radius 3 is 2.80 bits per heavy atom. The third-order valence-corrected chi connectivity index (χ3v) is 2.19. The van der Waals surface area contributed by atoms with Crippen molar-refractivity contribution in [2.24, 2.45) is 0 Å². The molecule has 0 aromatic rings. The number of rotatable bonds is 5. The van der Waals surface area contributed by atoms with E-state index in [1.165, 1.54) is 12.3 Å². The van der Waals surface area contributed by atoms with Gasteiger partial charge in [-0.15, -0.1) is 0 Å². The molecule has 1 atom stereocenters. The highest BCUT2D eigenvalue weighted by molar-refractivity contribution is 5.21. The quantitative estimate of drug-likeness (QED) is 0.334. The van der Waals surface area contributed by atoms with Gasteiger partial charge in [0, 0.05) is 19.2 Å². The van der Waals surface area contributed by atoms with Crippen LogP contribution in [0.1, 0.15) is 6.92 Å². The van der Waals surface area contributed by atoms with Gasteiger partial charge in [0.2, 0.25) is 0 Å². The molecule has 0 aliphatic carbocycles. The maximum absolute atomic E-state index is 10.4. The lowest BCUT2D eigenvalue weighted by atomic mass is 10.1. The Bertz CT molecular complexity index is 300. The summed E-state index contributed by atoms with van der Waals surface area (Å²) in [5.41, 5.74) is -0.334. The van der Waals surface area contributed by atoms with E-state index in [0.717, 1.165) is 13.1 Å². The van der Waals surface area contributed by atoms with E-state index in [4.69, 9.17) is 0 Å². The van der Waals surface area contributed by atoms with Gasteiger partial charge in [0.05, 0.1) is 11.1 Å². The molecule has 0 spiro atoms. The van der Waals surface area contributed by atoms with Crippen molar-refractivity contribution >= 4 is 0 Å². The van der Waals surface area contributed by atoms with Gasteiger partial charge in [0.1, 0.15) is 5.66 Å². The van der Waals surface area contributed by atoms with Crippen LogP contribution in [0, 0.1) is 10.1 Å². The van der Waals surface area contributed by atoms with Gasteiger partial charge in [-0.25, -0.2) is 0 Å². The zero-order valence-corrected chi connectivity index (χ0v) is 8.91. The number of dihydropyridines is 1. The van der Waals surface area contributed by atoms with Crippen molar-refractivity contribution in [2.75, 3.05) is 20.1 Å². The Morgan fingerprint density at radius 1 is 1.60 bits per heavy atom. The number of hydrogen-bond acceptors (Lipinski definition) is 5. The summed E-state index contributed by atoms with van der Waals surface area (Å²) in [6.07, 6.45) is 4.66. The summed E-state index contributed by atoms with van der Waals surface area (Å²) >= 11 is 0. The number of allylic oxidation sites excluding steroid dienone is 1. The molecule has 1 unspecified atom stereocenters. The normalized spacial score (nSPS) is 24.5. The van der Waals surface area contributed by atoms with Crippen molar-refractivity contribution in [1.82, 2.24) is 16.0 Å². The SMILES string of the molecule is CNCCNC1(C)C=CC([N+](=O)[O-])=CN1. The van der Waals surface area contributed by atoms with Crippen LogP contribution >= 0.6 is 0 Å². The van der Waals surface area contributed by atoms with E-state index in [2.05, 4.69) is 16.0 Å². The van der Waals surface area contributed by atoms with Gasteiger partial charge >= 0.3 is 0 Å². The summed E-state index contributed by atoms with van der Waals surface area (Å²) in [7, 11) is 1.87. The molecule has 0 radical (unpaired) electrons. The first-order valence-electron chi connectivity index (χ1n) is 4.78. The molecule has 0 amide bonds. The van der Waals surface area contributed by atoms with E-state index in [1.807, 2.05) is 14.0 Å². The summed E-state index contributed by atoms with van der Waals surface area (Å²) in [5.74, 6) is 0. The summed E-state index contributed by atoms with van der Waals surface area (Å²) in [6, 6.07) is 0. The molecule has 6 heteroatoms. The fraction of sp³-hybridized carbons (Fsp3) is 0.556. The van der Waals surface area contributed by atoms with Crippen LogP contribution in [0.4, 0.5) is 0 Å². The molecule has 15 heavy (non-hydrogen) atoms. The minimum atomic E-state index is -0.420. The molecular weight excluding hydrogens is 196 g/mol. The predicted molar refractivity (Wildman–Crippen MR) is 57.7 cm³/mol. The molecule has 0 saturated heterocycles. The first-order valence-corrected chi connectivity index (χ1v) is 4.78. The number of nitrogens with one attached hydrogen (secondary N) is 3. The maximum Gasteiger partial charge on any atom is 0.284 e. The molecule has 84 valence electrons. The monoisotopic (exact) mass is 212 g/mol. The number of likely N-dealkylation sites (N-methyl/N-ethyl adjacent to an activating group) is 1. The van der Waals surface area contributed by atoms with Crippen LogP contribution < -0.4 is 16.0 Å².